The van der Waals surface area contributed by atoms with Gasteiger partial charge in [0, 0.05) is 35.9 Å². The predicted molar refractivity (Wildman–Crippen MR) is 81.5 cm³/mol. The summed E-state index contributed by atoms with van der Waals surface area (Å²) < 4.78 is 6.74. The van der Waals surface area contributed by atoms with Crippen LogP contribution in [0.15, 0.2) is 28.7 Å². The summed E-state index contributed by atoms with van der Waals surface area (Å²) in [7, 11) is 0. The predicted octanol–water partition coefficient (Wildman–Crippen LogP) is 3.02. The lowest BCUT2D eigenvalue weighted by molar-refractivity contribution is -0.125. The molecule has 0 spiro atoms. The molecule has 1 saturated heterocycles. The Kier molecular flexibility index (Phi) is 4.54. The lowest BCUT2D eigenvalue weighted by atomic mass is 9.95. The quantitative estimate of drug-likeness (QED) is 0.849. The van der Waals surface area contributed by atoms with Crippen molar-refractivity contribution in [2.75, 3.05) is 19.8 Å². The SMILES string of the molecule is O=C1CCCC1C1COCCN1Cc1cccc(Br)c1. The fourth-order valence-electron chi connectivity index (χ4n) is 3.34. The van der Waals surface area contributed by atoms with Crippen LogP contribution in [0.25, 0.3) is 0 Å². The lowest BCUT2D eigenvalue weighted by Gasteiger charge is -2.38. The third-order valence-electron chi connectivity index (χ3n) is 4.37. The van der Waals surface area contributed by atoms with Gasteiger partial charge in [-0.1, -0.05) is 28.1 Å². The number of ether oxygens (including phenoxy) is 1. The molecule has 20 heavy (non-hydrogen) atoms. The van der Waals surface area contributed by atoms with E-state index < -0.39 is 0 Å². The second kappa shape index (κ2) is 6.37. The highest BCUT2D eigenvalue weighted by Crippen LogP contribution is 2.30. The van der Waals surface area contributed by atoms with Crippen molar-refractivity contribution in [2.24, 2.45) is 5.92 Å². The van der Waals surface area contributed by atoms with E-state index in [4.69, 9.17) is 4.74 Å². The molecule has 3 rings (SSSR count). The first kappa shape index (κ1) is 14.2. The molecule has 3 nitrogen and oxygen atoms in total. The molecule has 0 aromatic heterocycles. The average Bonchev–Trinajstić information content (AvgIpc) is 2.86. The van der Waals surface area contributed by atoms with E-state index in [1.54, 1.807) is 0 Å². The molecule has 1 heterocycles. The summed E-state index contributed by atoms with van der Waals surface area (Å²) in [6.07, 6.45) is 2.83. The number of nitrogens with zero attached hydrogens (tertiary/aromatic N) is 1. The van der Waals surface area contributed by atoms with Crippen molar-refractivity contribution in [3.63, 3.8) is 0 Å². The van der Waals surface area contributed by atoms with Crippen molar-refractivity contribution < 1.29 is 9.53 Å². The molecule has 1 aliphatic heterocycles. The third-order valence-corrected chi connectivity index (χ3v) is 4.86. The summed E-state index contributed by atoms with van der Waals surface area (Å²) in [4.78, 5) is 14.5. The van der Waals surface area contributed by atoms with Crippen LogP contribution in [0.4, 0.5) is 0 Å². The number of carbonyl (C=O) groups is 1. The molecule has 4 heteroatoms. The maximum absolute atomic E-state index is 12.0. The molecule has 108 valence electrons. The van der Waals surface area contributed by atoms with E-state index in [1.807, 2.05) is 6.07 Å². The Morgan fingerprint density at radius 2 is 2.30 bits per heavy atom. The minimum Gasteiger partial charge on any atom is -0.378 e. The standard InChI is InChI=1S/C16H20BrNO2/c17-13-4-1-3-12(9-13)10-18-7-8-20-11-15(18)14-5-2-6-16(14)19/h1,3-4,9,14-15H,2,5-8,10-11H2. The molecule has 0 bridgehead atoms. The minimum atomic E-state index is 0.183. The zero-order valence-corrected chi connectivity index (χ0v) is 13.1. The van der Waals surface area contributed by atoms with Crippen molar-refractivity contribution in [1.29, 1.82) is 0 Å². The Labute approximate surface area is 128 Å². The number of morpholine rings is 1. The van der Waals surface area contributed by atoms with E-state index in [2.05, 4.69) is 39.0 Å². The van der Waals surface area contributed by atoms with Gasteiger partial charge in [-0.2, -0.15) is 0 Å². The van der Waals surface area contributed by atoms with Crippen LogP contribution in [-0.4, -0.2) is 36.5 Å². The fourth-order valence-corrected chi connectivity index (χ4v) is 3.79. The first-order chi connectivity index (χ1) is 9.74. The number of carbonyl (C=O) groups excluding carboxylic acids is 1. The molecule has 1 aromatic carbocycles. The van der Waals surface area contributed by atoms with Gasteiger partial charge in [-0.25, -0.2) is 0 Å². The number of rotatable bonds is 3. The summed E-state index contributed by atoms with van der Waals surface area (Å²) in [6, 6.07) is 8.67. The molecule has 2 atom stereocenters. The van der Waals surface area contributed by atoms with Gasteiger partial charge in [-0.05, 0) is 30.5 Å². The van der Waals surface area contributed by atoms with Crippen LogP contribution < -0.4 is 0 Å². The number of Topliss-reactive ketones (excluding diaryl/α,β-unsaturated/α-hetero) is 1. The maximum Gasteiger partial charge on any atom is 0.137 e. The smallest absolute Gasteiger partial charge is 0.137 e. The topological polar surface area (TPSA) is 29.5 Å². The van der Waals surface area contributed by atoms with Crippen molar-refractivity contribution in [2.45, 2.75) is 31.8 Å². The van der Waals surface area contributed by atoms with Gasteiger partial charge in [0.15, 0.2) is 0 Å². The first-order valence-corrected chi connectivity index (χ1v) is 8.12. The van der Waals surface area contributed by atoms with Crippen LogP contribution in [0.5, 0.6) is 0 Å². The second-order valence-electron chi connectivity index (χ2n) is 5.71. The first-order valence-electron chi connectivity index (χ1n) is 7.33. The van der Waals surface area contributed by atoms with Gasteiger partial charge < -0.3 is 4.74 Å². The molecule has 1 saturated carbocycles. The van der Waals surface area contributed by atoms with Crippen LogP contribution in [0, 0.1) is 5.92 Å². The Bertz CT molecular complexity index is 491. The Balaban J connectivity index is 1.73. The average molecular weight is 338 g/mol. The third kappa shape index (κ3) is 3.13. The molecule has 2 fully saturated rings. The van der Waals surface area contributed by atoms with Gasteiger partial charge in [0.25, 0.3) is 0 Å². The monoisotopic (exact) mass is 337 g/mol. The number of hydrogen-bond donors (Lipinski definition) is 0. The van der Waals surface area contributed by atoms with Gasteiger partial charge in [-0.15, -0.1) is 0 Å². The highest BCUT2D eigenvalue weighted by Gasteiger charge is 2.37. The van der Waals surface area contributed by atoms with Crippen LogP contribution in [0.1, 0.15) is 24.8 Å². The van der Waals surface area contributed by atoms with Crippen molar-refractivity contribution >= 4 is 21.7 Å². The van der Waals surface area contributed by atoms with Gasteiger partial charge >= 0.3 is 0 Å². The van der Waals surface area contributed by atoms with Crippen LogP contribution in [-0.2, 0) is 16.1 Å². The van der Waals surface area contributed by atoms with E-state index in [1.165, 1.54) is 5.56 Å². The number of hydrogen-bond acceptors (Lipinski definition) is 3. The summed E-state index contributed by atoms with van der Waals surface area (Å²) in [5.74, 6) is 0.613. The second-order valence-corrected chi connectivity index (χ2v) is 6.62. The summed E-state index contributed by atoms with van der Waals surface area (Å²) in [6.45, 7) is 3.29. The molecule has 1 aliphatic carbocycles. The van der Waals surface area contributed by atoms with E-state index in [0.717, 1.165) is 43.4 Å². The highest BCUT2D eigenvalue weighted by molar-refractivity contribution is 9.10. The van der Waals surface area contributed by atoms with Crippen molar-refractivity contribution in [3.8, 4) is 0 Å². The highest BCUT2D eigenvalue weighted by atomic mass is 79.9. The maximum atomic E-state index is 12.0. The molecule has 1 aromatic rings. The summed E-state index contributed by atoms with van der Waals surface area (Å²) in [5, 5.41) is 0. The van der Waals surface area contributed by atoms with Crippen LogP contribution in [0.3, 0.4) is 0 Å². The molecule has 0 amide bonds. The molecular formula is C16H20BrNO2. The number of benzene rings is 1. The normalized spacial score (nSPS) is 27.9. The van der Waals surface area contributed by atoms with Crippen molar-refractivity contribution in [3.05, 3.63) is 34.3 Å². The van der Waals surface area contributed by atoms with Crippen LogP contribution >= 0.6 is 15.9 Å². The van der Waals surface area contributed by atoms with Gasteiger partial charge in [0.2, 0.25) is 0 Å². The van der Waals surface area contributed by atoms with Gasteiger partial charge in [0.1, 0.15) is 5.78 Å². The Hall–Kier alpha value is -0.710. The minimum absolute atomic E-state index is 0.183. The summed E-state index contributed by atoms with van der Waals surface area (Å²) in [5.41, 5.74) is 1.29. The van der Waals surface area contributed by atoms with E-state index in [-0.39, 0.29) is 12.0 Å². The lowest BCUT2D eigenvalue weighted by Crippen LogP contribution is -2.49. The Morgan fingerprint density at radius 3 is 3.05 bits per heavy atom. The van der Waals surface area contributed by atoms with E-state index >= 15 is 0 Å². The molecule has 0 radical (unpaired) electrons. The van der Waals surface area contributed by atoms with Gasteiger partial charge in [-0.3, -0.25) is 9.69 Å². The van der Waals surface area contributed by atoms with E-state index in [9.17, 15) is 4.79 Å². The van der Waals surface area contributed by atoms with Crippen LogP contribution in [0.2, 0.25) is 0 Å². The molecule has 0 N–H and O–H groups in total. The number of ketones is 1. The van der Waals surface area contributed by atoms with Gasteiger partial charge in [0.05, 0.1) is 13.2 Å². The fraction of sp³-hybridized carbons (Fsp3) is 0.562. The van der Waals surface area contributed by atoms with Crippen molar-refractivity contribution in [1.82, 2.24) is 4.90 Å². The largest absolute Gasteiger partial charge is 0.378 e. The summed E-state index contributed by atoms with van der Waals surface area (Å²) >= 11 is 3.52. The molecule has 2 aliphatic rings. The number of halogens is 1. The molecular weight excluding hydrogens is 318 g/mol. The zero-order chi connectivity index (χ0) is 13.9. The Morgan fingerprint density at radius 1 is 1.40 bits per heavy atom. The van der Waals surface area contributed by atoms with E-state index in [0.29, 0.717) is 12.4 Å². The zero-order valence-electron chi connectivity index (χ0n) is 11.6. The molecule has 2 unspecified atom stereocenters.